The largest absolute Gasteiger partial charge is 0.461 e. The fraction of sp³-hybridized carbons (Fsp3) is 0.312. The number of aromatic nitrogens is 1. The lowest BCUT2D eigenvalue weighted by atomic mass is 10.2. The number of anilines is 1. The van der Waals surface area contributed by atoms with Crippen molar-refractivity contribution in [2.75, 3.05) is 11.9 Å². The van der Waals surface area contributed by atoms with Crippen molar-refractivity contribution in [1.82, 2.24) is 4.98 Å². The van der Waals surface area contributed by atoms with Crippen molar-refractivity contribution < 1.29 is 22.7 Å². The molecule has 2 aromatic rings. The second-order valence-corrected chi connectivity index (χ2v) is 8.69. The molecular weight excluding hydrogens is 364 g/mol. The molecule has 0 saturated heterocycles. The van der Waals surface area contributed by atoms with Crippen LogP contribution in [0.25, 0.3) is 0 Å². The smallest absolute Gasteiger partial charge is 0.357 e. The number of amides is 1. The van der Waals surface area contributed by atoms with Gasteiger partial charge in [-0.15, -0.1) is 11.3 Å². The molecule has 1 aromatic heterocycles. The third kappa shape index (κ3) is 4.43. The summed E-state index contributed by atoms with van der Waals surface area (Å²) in [5.41, 5.74) is 0.413. The van der Waals surface area contributed by atoms with Gasteiger partial charge in [0.2, 0.25) is 0 Å². The minimum absolute atomic E-state index is 0.125. The summed E-state index contributed by atoms with van der Waals surface area (Å²) < 4.78 is 29.0. The predicted molar refractivity (Wildman–Crippen MR) is 94.8 cm³/mol. The molecule has 0 unspecified atom stereocenters. The highest BCUT2D eigenvalue weighted by molar-refractivity contribution is 7.92. The minimum Gasteiger partial charge on any atom is -0.461 e. The van der Waals surface area contributed by atoms with Crippen LogP contribution in [-0.2, 0) is 14.6 Å². The van der Waals surface area contributed by atoms with Gasteiger partial charge in [-0.2, -0.15) is 0 Å². The van der Waals surface area contributed by atoms with Gasteiger partial charge in [-0.05, 0) is 45.0 Å². The molecule has 0 fully saturated rings. The number of hydrogen-bond donors (Lipinski definition) is 1. The maximum absolute atomic E-state index is 12.2. The summed E-state index contributed by atoms with van der Waals surface area (Å²) in [4.78, 5) is 27.9. The summed E-state index contributed by atoms with van der Waals surface area (Å²) in [6.45, 7) is 5.12. The van der Waals surface area contributed by atoms with Crippen molar-refractivity contribution in [2.45, 2.75) is 30.9 Å². The Balaban J connectivity index is 2.10. The number of esters is 1. The van der Waals surface area contributed by atoms with E-state index in [1.54, 1.807) is 20.8 Å². The number of sulfone groups is 1. The van der Waals surface area contributed by atoms with Crippen LogP contribution in [0.1, 0.15) is 41.6 Å². The second-order valence-electron chi connectivity index (χ2n) is 5.33. The van der Waals surface area contributed by atoms with Crippen LogP contribution in [0.3, 0.4) is 0 Å². The van der Waals surface area contributed by atoms with E-state index >= 15 is 0 Å². The third-order valence-electron chi connectivity index (χ3n) is 3.27. The molecule has 0 bridgehead atoms. The first-order valence-electron chi connectivity index (χ1n) is 7.53. The number of nitrogens with zero attached hydrogens (tertiary/aromatic N) is 1. The number of hydrogen-bond acceptors (Lipinski definition) is 7. The van der Waals surface area contributed by atoms with E-state index in [1.807, 2.05) is 0 Å². The summed E-state index contributed by atoms with van der Waals surface area (Å²) in [6.07, 6.45) is 0. The van der Waals surface area contributed by atoms with Crippen LogP contribution in [0.5, 0.6) is 0 Å². The minimum atomic E-state index is -3.38. The zero-order chi connectivity index (χ0) is 18.6. The standard InChI is InChI=1S/C16H18N2O5S2/c1-4-23-15(20)13-9-24-16(17-13)18-14(19)11-5-7-12(8-6-11)25(21,22)10(2)3/h5-10H,4H2,1-3H3,(H,17,18,19). The Labute approximate surface area is 150 Å². The van der Waals surface area contributed by atoms with Gasteiger partial charge in [-0.3, -0.25) is 10.1 Å². The van der Waals surface area contributed by atoms with E-state index in [2.05, 4.69) is 10.3 Å². The quantitative estimate of drug-likeness (QED) is 0.771. The van der Waals surface area contributed by atoms with Crippen LogP contribution < -0.4 is 5.32 Å². The highest BCUT2D eigenvalue weighted by Crippen LogP contribution is 2.19. The van der Waals surface area contributed by atoms with Gasteiger partial charge in [0.15, 0.2) is 20.7 Å². The fourth-order valence-corrected chi connectivity index (χ4v) is 3.60. The van der Waals surface area contributed by atoms with E-state index in [1.165, 1.54) is 29.6 Å². The number of thiazole rings is 1. The zero-order valence-corrected chi connectivity index (χ0v) is 15.6. The third-order valence-corrected chi connectivity index (χ3v) is 6.20. The average molecular weight is 382 g/mol. The van der Waals surface area contributed by atoms with E-state index < -0.39 is 27.0 Å². The molecule has 0 aliphatic carbocycles. The first kappa shape index (κ1) is 19.1. The van der Waals surface area contributed by atoms with Crippen LogP contribution in [0.4, 0.5) is 5.13 Å². The van der Waals surface area contributed by atoms with Gasteiger partial charge >= 0.3 is 5.97 Å². The Morgan fingerprint density at radius 2 is 1.88 bits per heavy atom. The molecule has 0 aliphatic rings. The highest BCUT2D eigenvalue weighted by Gasteiger charge is 2.20. The molecule has 0 atom stereocenters. The number of ether oxygens (including phenoxy) is 1. The van der Waals surface area contributed by atoms with Crippen molar-refractivity contribution >= 4 is 38.2 Å². The molecule has 0 spiro atoms. The molecule has 1 aromatic carbocycles. The summed E-state index contributed by atoms with van der Waals surface area (Å²) in [7, 11) is -3.38. The molecule has 9 heteroatoms. The molecule has 1 N–H and O–H groups in total. The molecule has 0 radical (unpaired) electrons. The van der Waals surface area contributed by atoms with Crippen molar-refractivity contribution in [2.24, 2.45) is 0 Å². The lowest BCUT2D eigenvalue weighted by molar-refractivity contribution is 0.0520. The van der Waals surface area contributed by atoms with Gasteiger partial charge < -0.3 is 4.74 Å². The van der Waals surface area contributed by atoms with Crippen LogP contribution in [0.2, 0.25) is 0 Å². The van der Waals surface area contributed by atoms with Gasteiger partial charge in [0, 0.05) is 10.9 Å². The van der Waals surface area contributed by atoms with E-state index in [4.69, 9.17) is 4.74 Å². The number of rotatable bonds is 6. The molecule has 0 saturated carbocycles. The van der Waals surface area contributed by atoms with Crippen molar-refractivity contribution in [3.8, 4) is 0 Å². The topological polar surface area (TPSA) is 102 Å². The van der Waals surface area contributed by atoms with E-state index in [0.29, 0.717) is 0 Å². The monoisotopic (exact) mass is 382 g/mol. The lowest BCUT2D eigenvalue weighted by Gasteiger charge is -2.08. The first-order valence-corrected chi connectivity index (χ1v) is 9.96. The Morgan fingerprint density at radius 3 is 2.44 bits per heavy atom. The van der Waals surface area contributed by atoms with Crippen LogP contribution in [0.15, 0.2) is 34.5 Å². The maximum Gasteiger partial charge on any atom is 0.357 e. The van der Waals surface area contributed by atoms with Gasteiger partial charge in [-0.1, -0.05) is 0 Å². The van der Waals surface area contributed by atoms with Crippen LogP contribution in [0, 0.1) is 0 Å². The van der Waals surface area contributed by atoms with Crippen molar-refractivity contribution in [3.63, 3.8) is 0 Å². The Bertz CT molecular complexity index is 870. The van der Waals surface area contributed by atoms with Crippen molar-refractivity contribution in [3.05, 3.63) is 40.9 Å². The number of nitrogens with one attached hydrogen (secondary N) is 1. The molecular formula is C16H18N2O5S2. The van der Waals surface area contributed by atoms with Gasteiger partial charge in [-0.25, -0.2) is 18.2 Å². The summed E-state index contributed by atoms with van der Waals surface area (Å²) in [6, 6.07) is 5.67. The lowest BCUT2D eigenvalue weighted by Crippen LogP contribution is -2.15. The molecule has 134 valence electrons. The molecule has 2 rings (SSSR count). The van der Waals surface area contributed by atoms with Crippen molar-refractivity contribution in [1.29, 1.82) is 0 Å². The van der Waals surface area contributed by atoms with Crippen LogP contribution in [-0.4, -0.2) is 37.1 Å². The number of carbonyl (C=O) groups is 2. The SMILES string of the molecule is CCOC(=O)c1csc(NC(=O)c2ccc(S(=O)(=O)C(C)C)cc2)n1. The second kappa shape index (κ2) is 7.75. The molecule has 7 nitrogen and oxygen atoms in total. The Hall–Kier alpha value is -2.26. The molecule has 1 heterocycles. The summed E-state index contributed by atoms with van der Waals surface area (Å²) in [5, 5.41) is 3.78. The van der Waals surface area contributed by atoms with Gasteiger partial charge in [0.1, 0.15) is 0 Å². The van der Waals surface area contributed by atoms with E-state index in [-0.39, 0.29) is 27.9 Å². The fourth-order valence-electron chi connectivity index (χ4n) is 1.87. The van der Waals surface area contributed by atoms with Gasteiger partial charge in [0.05, 0.1) is 16.8 Å². The predicted octanol–water partition coefficient (Wildman–Crippen LogP) is 2.75. The average Bonchev–Trinajstić information content (AvgIpc) is 3.03. The number of carbonyl (C=O) groups excluding carboxylic acids is 2. The molecule has 1 amide bonds. The Morgan fingerprint density at radius 1 is 1.24 bits per heavy atom. The molecule has 0 aliphatic heterocycles. The first-order chi connectivity index (χ1) is 11.8. The summed E-state index contributed by atoms with van der Waals surface area (Å²) in [5.74, 6) is -0.999. The van der Waals surface area contributed by atoms with E-state index in [0.717, 1.165) is 11.3 Å². The number of benzene rings is 1. The summed E-state index contributed by atoms with van der Waals surface area (Å²) >= 11 is 1.10. The van der Waals surface area contributed by atoms with Crippen LogP contribution >= 0.6 is 11.3 Å². The Kier molecular flexibility index (Phi) is 5.91. The zero-order valence-electron chi connectivity index (χ0n) is 14.0. The highest BCUT2D eigenvalue weighted by atomic mass is 32.2. The van der Waals surface area contributed by atoms with Gasteiger partial charge in [0.25, 0.3) is 5.91 Å². The molecule has 25 heavy (non-hydrogen) atoms. The van der Waals surface area contributed by atoms with E-state index in [9.17, 15) is 18.0 Å². The maximum atomic E-state index is 12.2. The normalized spacial score (nSPS) is 11.4.